The van der Waals surface area contributed by atoms with Gasteiger partial charge < -0.3 is 14.2 Å². The fraction of sp³-hybridized carbons (Fsp3) is 0.745. The highest BCUT2D eigenvalue weighted by Gasteiger charge is 2.19. The Bertz CT molecular complexity index is 1050. The number of hydrogen-bond donors (Lipinski definition) is 0. The molecule has 0 aliphatic rings. The van der Waals surface area contributed by atoms with Gasteiger partial charge in [0.2, 0.25) is 0 Å². The van der Waals surface area contributed by atoms with Crippen LogP contribution in [0, 0.1) is 0 Å². The molecule has 57 heavy (non-hydrogen) atoms. The van der Waals surface area contributed by atoms with Crippen molar-refractivity contribution < 1.29 is 28.6 Å². The lowest BCUT2D eigenvalue weighted by Crippen LogP contribution is -2.30. The van der Waals surface area contributed by atoms with Crippen LogP contribution in [0.5, 0.6) is 0 Å². The fourth-order valence-corrected chi connectivity index (χ4v) is 6.41. The first-order chi connectivity index (χ1) is 28.0. The molecule has 0 bridgehead atoms. The normalized spacial score (nSPS) is 12.5. The van der Waals surface area contributed by atoms with E-state index >= 15 is 0 Å². The maximum Gasteiger partial charge on any atom is 0.306 e. The predicted octanol–water partition coefficient (Wildman–Crippen LogP) is 15.3. The van der Waals surface area contributed by atoms with Gasteiger partial charge in [0.25, 0.3) is 0 Å². The summed E-state index contributed by atoms with van der Waals surface area (Å²) in [6, 6.07) is 0. The van der Waals surface area contributed by atoms with Gasteiger partial charge in [-0.05, 0) is 77.0 Å². The molecule has 1 atom stereocenters. The lowest BCUT2D eigenvalue weighted by molar-refractivity contribution is -0.167. The molecule has 6 heteroatoms. The first kappa shape index (κ1) is 54.1. The van der Waals surface area contributed by atoms with Crippen LogP contribution in [0.3, 0.4) is 0 Å². The molecule has 0 fully saturated rings. The monoisotopic (exact) mass is 797 g/mol. The van der Waals surface area contributed by atoms with Crippen LogP contribution >= 0.6 is 0 Å². The van der Waals surface area contributed by atoms with E-state index in [0.717, 1.165) is 109 Å². The van der Waals surface area contributed by atoms with Gasteiger partial charge in [-0.1, -0.05) is 191 Å². The Morgan fingerprint density at radius 2 is 0.702 bits per heavy atom. The van der Waals surface area contributed by atoms with Gasteiger partial charge in [-0.25, -0.2) is 0 Å². The van der Waals surface area contributed by atoms with E-state index in [1.54, 1.807) is 0 Å². The standard InChI is InChI=1S/C51H88O6/c1-4-7-10-13-16-19-22-23-24-25-26-27-30-32-35-38-41-44-50(53)56-47-48(57-51(54)45-42-39-36-33-29-21-18-15-12-9-6-3)46-55-49(52)43-40-37-34-31-28-20-17-14-11-8-5-2/h7,10,15-16,18-19,23-24,26-27,48H,4-6,8-9,11-14,17,20-22,25,28-47H2,1-3H3/b10-7-,18-15-,19-16-,24-23-,27-26-/t48-/m0/s1. The Hall–Kier alpha value is -2.89. The third kappa shape index (κ3) is 44.1. The number of carbonyl (C=O) groups is 3. The van der Waals surface area contributed by atoms with E-state index in [-0.39, 0.29) is 31.1 Å². The average molecular weight is 797 g/mol. The lowest BCUT2D eigenvalue weighted by Gasteiger charge is -2.18. The van der Waals surface area contributed by atoms with E-state index < -0.39 is 6.10 Å². The van der Waals surface area contributed by atoms with Gasteiger partial charge in [0, 0.05) is 19.3 Å². The molecule has 0 aliphatic carbocycles. The maximum atomic E-state index is 12.7. The topological polar surface area (TPSA) is 78.9 Å². The van der Waals surface area contributed by atoms with Crippen molar-refractivity contribution in [3.05, 3.63) is 60.8 Å². The summed E-state index contributed by atoms with van der Waals surface area (Å²) in [5.41, 5.74) is 0. The van der Waals surface area contributed by atoms with Crippen molar-refractivity contribution in [3.63, 3.8) is 0 Å². The molecule has 0 amide bonds. The Balaban J connectivity index is 4.40. The van der Waals surface area contributed by atoms with Crippen molar-refractivity contribution in [2.24, 2.45) is 0 Å². The van der Waals surface area contributed by atoms with Crippen molar-refractivity contribution in [1.82, 2.24) is 0 Å². The fourth-order valence-electron chi connectivity index (χ4n) is 6.41. The molecular weight excluding hydrogens is 709 g/mol. The largest absolute Gasteiger partial charge is 0.462 e. The zero-order valence-corrected chi connectivity index (χ0v) is 37.3. The van der Waals surface area contributed by atoms with Crippen LogP contribution < -0.4 is 0 Å². The summed E-state index contributed by atoms with van der Waals surface area (Å²) in [6.07, 6.45) is 54.8. The number of unbranched alkanes of at least 4 members (excludes halogenated alkanes) is 21. The molecule has 0 radical (unpaired) electrons. The summed E-state index contributed by atoms with van der Waals surface area (Å²) in [6.45, 7) is 6.44. The second kappa shape index (κ2) is 45.8. The number of hydrogen-bond acceptors (Lipinski definition) is 6. The molecule has 0 heterocycles. The molecule has 0 unspecified atom stereocenters. The van der Waals surface area contributed by atoms with Crippen LogP contribution in [0.2, 0.25) is 0 Å². The van der Waals surface area contributed by atoms with Crippen LogP contribution in [0.15, 0.2) is 60.8 Å². The SMILES string of the molecule is CC/C=C\C/C=C\C/C=C\C/C=C\CCCCCCC(=O)OC[C@H](COC(=O)CCCCCCCCCCCCC)OC(=O)CCCCCCC/C=C\CCCC. The second-order valence-corrected chi connectivity index (χ2v) is 15.6. The summed E-state index contributed by atoms with van der Waals surface area (Å²) in [5.74, 6) is -0.921. The third-order valence-corrected chi connectivity index (χ3v) is 10.0. The molecule has 0 aromatic heterocycles. The minimum Gasteiger partial charge on any atom is -0.462 e. The van der Waals surface area contributed by atoms with Gasteiger partial charge in [0.05, 0.1) is 0 Å². The van der Waals surface area contributed by atoms with Crippen LogP contribution in [0.25, 0.3) is 0 Å². The second-order valence-electron chi connectivity index (χ2n) is 15.6. The number of ether oxygens (including phenoxy) is 3. The summed E-state index contributed by atoms with van der Waals surface area (Å²) in [4.78, 5) is 37.8. The molecule has 0 saturated heterocycles. The predicted molar refractivity (Wildman–Crippen MR) is 242 cm³/mol. The maximum absolute atomic E-state index is 12.7. The summed E-state index contributed by atoms with van der Waals surface area (Å²) in [5, 5.41) is 0. The molecule has 0 N–H and O–H groups in total. The van der Waals surface area contributed by atoms with Crippen LogP contribution in [-0.4, -0.2) is 37.2 Å². The molecule has 0 saturated carbocycles. The molecule has 0 aliphatic heterocycles. The molecule has 0 rings (SSSR count). The van der Waals surface area contributed by atoms with Crippen LogP contribution in [-0.2, 0) is 28.6 Å². The average Bonchev–Trinajstić information content (AvgIpc) is 3.21. The Kier molecular flexibility index (Phi) is 43.5. The van der Waals surface area contributed by atoms with E-state index in [0.29, 0.717) is 19.3 Å². The van der Waals surface area contributed by atoms with Gasteiger partial charge in [-0.2, -0.15) is 0 Å². The smallest absolute Gasteiger partial charge is 0.306 e. The highest BCUT2D eigenvalue weighted by Crippen LogP contribution is 2.14. The van der Waals surface area contributed by atoms with Crippen LogP contribution in [0.4, 0.5) is 0 Å². The quantitative estimate of drug-likeness (QED) is 0.0265. The minimum absolute atomic E-state index is 0.0844. The molecular formula is C51H88O6. The molecule has 328 valence electrons. The molecule has 0 aromatic rings. The van der Waals surface area contributed by atoms with E-state index in [1.165, 1.54) is 77.0 Å². The summed E-state index contributed by atoms with van der Waals surface area (Å²) >= 11 is 0. The van der Waals surface area contributed by atoms with E-state index in [9.17, 15) is 14.4 Å². The van der Waals surface area contributed by atoms with Crippen molar-refractivity contribution in [1.29, 1.82) is 0 Å². The lowest BCUT2D eigenvalue weighted by atomic mass is 10.1. The molecule has 6 nitrogen and oxygen atoms in total. The number of allylic oxidation sites excluding steroid dienone is 10. The minimum atomic E-state index is -0.784. The van der Waals surface area contributed by atoms with E-state index in [4.69, 9.17) is 14.2 Å². The highest BCUT2D eigenvalue weighted by molar-refractivity contribution is 5.71. The Morgan fingerprint density at radius 3 is 1.14 bits per heavy atom. The summed E-state index contributed by atoms with van der Waals surface area (Å²) in [7, 11) is 0. The van der Waals surface area contributed by atoms with Gasteiger partial charge in [-0.3, -0.25) is 14.4 Å². The van der Waals surface area contributed by atoms with E-state index in [2.05, 4.69) is 81.5 Å². The zero-order chi connectivity index (χ0) is 41.5. The van der Waals surface area contributed by atoms with Gasteiger partial charge in [-0.15, -0.1) is 0 Å². The number of esters is 3. The number of rotatable bonds is 42. The van der Waals surface area contributed by atoms with Crippen LogP contribution in [0.1, 0.15) is 226 Å². The molecule has 0 aromatic carbocycles. The van der Waals surface area contributed by atoms with E-state index in [1.807, 2.05) is 0 Å². The molecule has 0 spiro atoms. The van der Waals surface area contributed by atoms with Crippen molar-refractivity contribution in [2.75, 3.05) is 13.2 Å². The first-order valence-electron chi connectivity index (χ1n) is 23.8. The third-order valence-electron chi connectivity index (χ3n) is 10.0. The van der Waals surface area contributed by atoms with Gasteiger partial charge in [0.15, 0.2) is 6.10 Å². The van der Waals surface area contributed by atoms with Gasteiger partial charge >= 0.3 is 17.9 Å². The van der Waals surface area contributed by atoms with Crippen molar-refractivity contribution in [3.8, 4) is 0 Å². The summed E-state index contributed by atoms with van der Waals surface area (Å²) < 4.78 is 16.7. The zero-order valence-electron chi connectivity index (χ0n) is 37.3. The first-order valence-corrected chi connectivity index (χ1v) is 23.8. The van der Waals surface area contributed by atoms with Crippen molar-refractivity contribution >= 4 is 17.9 Å². The highest BCUT2D eigenvalue weighted by atomic mass is 16.6. The Labute approximate surface area is 351 Å². The Morgan fingerprint density at radius 1 is 0.368 bits per heavy atom. The van der Waals surface area contributed by atoms with Crippen molar-refractivity contribution in [2.45, 2.75) is 232 Å². The number of carbonyl (C=O) groups excluding carboxylic acids is 3. The van der Waals surface area contributed by atoms with Gasteiger partial charge in [0.1, 0.15) is 13.2 Å².